The van der Waals surface area contributed by atoms with E-state index < -0.39 is 21.7 Å². The van der Waals surface area contributed by atoms with Gasteiger partial charge in [0.05, 0.1) is 27.5 Å². The Morgan fingerprint density at radius 1 is 1.12 bits per heavy atom. The van der Waals surface area contributed by atoms with Gasteiger partial charge in [-0.1, -0.05) is 44.2 Å². The number of thiazole rings is 1. The molecule has 170 valence electrons. The summed E-state index contributed by atoms with van der Waals surface area (Å²) in [5, 5.41) is 0. The lowest BCUT2D eigenvalue weighted by Crippen LogP contribution is -2.23. The Labute approximate surface area is 191 Å². The fraction of sp³-hybridized carbons (Fsp3) is 0.348. The number of hydrogen-bond acceptors (Lipinski definition) is 6. The molecule has 0 aliphatic heterocycles. The standard InChI is InChI=1S/C23H26N2O5S2/c1-5-30-21(26)14-25-19-11-10-16(15(3)4)13-20(19)31-23(25)24-22(27)17-8-7-9-18(12-17)32(28,29)6-2/h7-13,15H,5-6,14H2,1-4H3. The minimum absolute atomic E-state index is 0.0597. The van der Waals surface area contributed by atoms with Gasteiger partial charge in [-0.05, 0) is 48.7 Å². The predicted octanol–water partition coefficient (Wildman–Crippen LogP) is 3.92. The van der Waals surface area contributed by atoms with E-state index in [1.165, 1.54) is 35.6 Å². The fourth-order valence-electron chi connectivity index (χ4n) is 3.16. The van der Waals surface area contributed by atoms with E-state index in [2.05, 4.69) is 18.8 Å². The maximum atomic E-state index is 12.9. The van der Waals surface area contributed by atoms with Gasteiger partial charge in [0.15, 0.2) is 14.6 Å². The maximum absolute atomic E-state index is 12.9. The molecule has 1 amide bonds. The molecular weight excluding hydrogens is 448 g/mol. The van der Waals surface area contributed by atoms with Crippen LogP contribution in [0.5, 0.6) is 0 Å². The second kappa shape index (κ2) is 9.79. The van der Waals surface area contributed by atoms with Crippen LogP contribution in [0.2, 0.25) is 0 Å². The largest absolute Gasteiger partial charge is 0.465 e. The molecule has 3 rings (SSSR count). The Bertz CT molecular complexity index is 1330. The molecule has 1 heterocycles. The molecule has 1 aromatic heterocycles. The predicted molar refractivity (Wildman–Crippen MR) is 125 cm³/mol. The highest BCUT2D eigenvalue weighted by Crippen LogP contribution is 2.24. The third-order valence-electron chi connectivity index (χ3n) is 4.98. The maximum Gasteiger partial charge on any atom is 0.326 e. The lowest BCUT2D eigenvalue weighted by molar-refractivity contribution is -0.143. The van der Waals surface area contributed by atoms with E-state index in [4.69, 9.17) is 4.74 Å². The molecule has 0 aliphatic carbocycles. The van der Waals surface area contributed by atoms with Gasteiger partial charge in [-0.2, -0.15) is 4.99 Å². The molecule has 9 heteroatoms. The minimum Gasteiger partial charge on any atom is -0.465 e. The van der Waals surface area contributed by atoms with E-state index in [1.807, 2.05) is 18.2 Å². The van der Waals surface area contributed by atoms with E-state index in [0.29, 0.717) is 10.7 Å². The summed E-state index contributed by atoms with van der Waals surface area (Å²) in [6.07, 6.45) is 0. The first-order chi connectivity index (χ1) is 15.2. The molecule has 32 heavy (non-hydrogen) atoms. The SMILES string of the molecule is CCOC(=O)Cn1c(=NC(=O)c2cccc(S(=O)(=O)CC)c2)sc2cc(C(C)C)ccc21. The van der Waals surface area contributed by atoms with Crippen molar-refractivity contribution in [3.8, 4) is 0 Å². The number of carbonyl (C=O) groups is 2. The Morgan fingerprint density at radius 2 is 1.88 bits per heavy atom. The molecule has 0 saturated heterocycles. The van der Waals surface area contributed by atoms with Gasteiger partial charge in [-0.3, -0.25) is 9.59 Å². The number of rotatable bonds is 7. The van der Waals surface area contributed by atoms with Crippen LogP contribution >= 0.6 is 11.3 Å². The molecule has 7 nitrogen and oxygen atoms in total. The van der Waals surface area contributed by atoms with E-state index >= 15 is 0 Å². The van der Waals surface area contributed by atoms with Gasteiger partial charge in [0.2, 0.25) is 0 Å². The summed E-state index contributed by atoms with van der Waals surface area (Å²) in [6.45, 7) is 7.64. The molecule has 0 saturated carbocycles. The first-order valence-electron chi connectivity index (χ1n) is 10.4. The molecule has 0 spiro atoms. The van der Waals surface area contributed by atoms with Gasteiger partial charge in [-0.15, -0.1) is 0 Å². The van der Waals surface area contributed by atoms with Crippen molar-refractivity contribution in [2.45, 2.75) is 45.1 Å². The second-order valence-electron chi connectivity index (χ2n) is 7.51. The van der Waals surface area contributed by atoms with Crippen LogP contribution in [-0.2, 0) is 25.9 Å². The van der Waals surface area contributed by atoms with E-state index in [1.54, 1.807) is 18.4 Å². The van der Waals surface area contributed by atoms with Crippen LogP contribution in [-0.4, -0.2) is 37.2 Å². The average molecular weight is 475 g/mol. The number of sulfone groups is 1. The molecule has 0 bridgehead atoms. The van der Waals surface area contributed by atoms with Crippen LogP contribution in [0.3, 0.4) is 0 Å². The highest BCUT2D eigenvalue weighted by molar-refractivity contribution is 7.91. The summed E-state index contributed by atoms with van der Waals surface area (Å²) in [4.78, 5) is 29.8. The Kier molecular flexibility index (Phi) is 7.30. The summed E-state index contributed by atoms with van der Waals surface area (Å²) in [7, 11) is -3.45. The summed E-state index contributed by atoms with van der Waals surface area (Å²) < 4.78 is 32.0. The van der Waals surface area contributed by atoms with Crippen molar-refractivity contribution in [3.63, 3.8) is 0 Å². The molecule has 2 aromatic carbocycles. The van der Waals surface area contributed by atoms with E-state index in [9.17, 15) is 18.0 Å². The highest BCUT2D eigenvalue weighted by atomic mass is 32.2. The molecule has 0 radical (unpaired) electrons. The lowest BCUT2D eigenvalue weighted by Gasteiger charge is -2.07. The molecular formula is C23H26N2O5S2. The Hall–Kier alpha value is -2.78. The first-order valence-corrected chi connectivity index (χ1v) is 12.8. The zero-order chi connectivity index (χ0) is 23.5. The zero-order valence-electron chi connectivity index (χ0n) is 18.5. The van der Waals surface area contributed by atoms with Crippen LogP contribution in [0.15, 0.2) is 52.4 Å². The second-order valence-corrected chi connectivity index (χ2v) is 10.8. The van der Waals surface area contributed by atoms with Crippen molar-refractivity contribution < 1.29 is 22.7 Å². The quantitative estimate of drug-likeness (QED) is 0.484. The summed E-state index contributed by atoms with van der Waals surface area (Å²) in [5.74, 6) is -0.739. The van der Waals surface area contributed by atoms with Crippen molar-refractivity contribution in [2.24, 2.45) is 4.99 Å². The minimum atomic E-state index is -3.45. The third-order valence-corrected chi connectivity index (χ3v) is 7.76. The van der Waals surface area contributed by atoms with Crippen molar-refractivity contribution in [1.82, 2.24) is 4.57 Å². The number of nitrogens with zero attached hydrogens (tertiary/aromatic N) is 2. The Balaban J connectivity index is 2.12. The van der Waals surface area contributed by atoms with Gasteiger partial charge in [0.1, 0.15) is 6.54 Å². The van der Waals surface area contributed by atoms with Crippen LogP contribution in [0.4, 0.5) is 0 Å². The Morgan fingerprint density at radius 3 is 2.53 bits per heavy atom. The number of fused-ring (bicyclic) bond motifs is 1. The van der Waals surface area contributed by atoms with Crippen LogP contribution < -0.4 is 4.80 Å². The van der Waals surface area contributed by atoms with Gasteiger partial charge in [-0.25, -0.2) is 8.42 Å². The van der Waals surface area contributed by atoms with Crippen LogP contribution in [0, 0.1) is 0 Å². The topological polar surface area (TPSA) is 94.8 Å². The summed E-state index contributed by atoms with van der Waals surface area (Å²) in [5.41, 5.74) is 2.08. The number of hydrogen-bond donors (Lipinski definition) is 0. The number of esters is 1. The molecule has 0 fully saturated rings. The molecule has 0 unspecified atom stereocenters. The highest BCUT2D eigenvalue weighted by Gasteiger charge is 2.16. The molecule has 0 atom stereocenters. The summed E-state index contributed by atoms with van der Waals surface area (Å²) in [6, 6.07) is 11.8. The zero-order valence-corrected chi connectivity index (χ0v) is 20.1. The number of carbonyl (C=O) groups excluding carboxylic acids is 2. The third kappa shape index (κ3) is 5.16. The van der Waals surface area contributed by atoms with Crippen molar-refractivity contribution >= 4 is 43.3 Å². The molecule has 3 aromatic rings. The van der Waals surface area contributed by atoms with Gasteiger partial charge < -0.3 is 9.30 Å². The van der Waals surface area contributed by atoms with E-state index in [-0.39, 0.29) is 29.4 Å². The number of aromatic nitrogens is 1. The van der Waals surface area contributed by atoms with Gasteiger partial charge in [0.25, 0.3) is 5.91 Å². The van der Waals surface area contributed by atoms with Crippen LogP contribution in [0.25, 0.3) is 10.2 Å². The smallest absolute Gasteiger partial charge is 0.326 e. The number of ether oxygens (including phenoxy) is 1. The fourth-order valence-corrected chi connectivity index (χ4v) is 5.17. The van der Waals surface area contributed by atoms with E-state index in [0.717, 1.165) is 15.8 Å². The summed E-state index contributed by atoms with van der Waals surface area (Å²) >= 11 is 1.30. The monoisotopic (exact) mass is 474 g/mol. The normalized spacial score (nSPS) is 12.5. The molecule has 0 aliphatic rings. The van der Waals surface area contributed by atoms with Crippen molar-refractivity contribution in [3.05, 3.63) is 58.4 Å². The lowest BCUT2D eigenvalue weighted by atomic mass is 10.0. The van der Waals surface area contributed by atoms with Crippen molar-refractivity contribution in [1.29, 1.82) is 0 Å². The first kappa shape index (κ1) is 23.9. The number of amides is 1. The number of benzene rings is 2. The van der Waals surface area contributed by atoms with Crippen molar-refractivity contribution in [2.75, 3.05) is 12.4 Å². The van der Waals surface area contributed by atoms with Crippen LogP contribution in [0.1, 0.15) is 49.5 Å². The van der Waals surface area contributed by atoms with Gasteiger partial charge in [0, 0.05) is 5.56 Å². The molecule has 0 N–H and O–H groups in total. The average Bonchev–Trinajstić information content (AvgIpc) is 3.09. The van der Waals surface area contributed by atoms with Gasteiger partial charge >= 0.3 is 5.97 Å².